The molecule has 0 aromatic heterocycles. The zero-order chi connectivity index (χ0) is 53.4. The number of amides is 4. The monoisotopic (exact) mass is 1020 g/mol. The first-order valence-corrected chi connectivity index (χ1v) is 26.2. The summed E-state index contributed by atoms with van der Waals surface area (Å²) in [6.07, 6.45) is 0.715. The van der Waals surface area contributed by atoms with E-state index in [0.717, 1.165) is 54.5 Å². The number of imide groups is 2. The van der Waals surface area contributed by atoms with Gasteiger partial charge >= 0.3 is 0 Å². The number of ether oxygens (including phenoxy) is 2. The molecule has 0 fully saturated rings. The number of anilines is 1. The van der Waals surface area contributed by atoms with Crippen LogP contribution in [0.2, 0.25) is 0 Å². The molecule has 0 saturated carbocycles. The van der Waals surface area contributed by atoms with Crippen molar-refractivity contribution in [3.8, 4) is 22.6 Å². The van der Waals surface area contributed by atoms with Gasteiger partial charge in [-0.1, -0.05) is 166 Å². The van der Waals surface area contributed by atoms with Crippen molar-refractivity contribution in [2.45, 2.75) is 32.6 Å². The molecule has 12 nitrogen and oxygen atoms in total. The average Bonchev–Trinajstić information content (AvgIpc) is 3.81. The summed E-state index contributed by atoms with van der Waals surface area (Å²) in [4.78, 5) is 70.1. The van der Waals surface area contributed by atoms with Crippen molar-refractivity contribution in [3.05, 3.63) is 255 Å². The van der Waals surface area contributed by atoms with E-state index in [9.17, 15) is 32.4 Å². The van der Waals surface area contributed by atoms with Crippen molar-refractivity contribution >= 4 is 45.2 Å². The summed E-state index contributed by atoms with van der Waals surface area (Å²) < 4.78 is 39.3. The van der Waals surface area contributed by atoms with Crippen LogP contribution in [0.15, 0.2) is 194 Å². The molecule has 0 radical (unpaired) electrons. The van der Waals surface area contributed by atoms with E-state index in [1.807, 2.05) is 148 Å². The van der Waals surface area contributed by atoms with E-state index >= 15 is 0 Å². The van der Waals surface area contributed by atoms with Crippen LogP contribution in [0.1, 0.15) is 111 Å². The van der Waals surface area contributed by atoms with Gasteiger partial charge in [-0.15, -0.1) is 0 Å². The second-order valence-electron chi connectivity index (χ2n) is 17.7. The van der Waals surface area contributed by atoms with Gasteiger partial charge in [-0.3, -0.25) is 33.4 Å². The largest absolute Gasteiger partial charge is 0.492 e. The molecule has 8 aromatic carbocycles. The molecular formula is C62H54N2O10S. The van der Waals surface area contributed by atoms with Crippen LogP contribution in [-0.2, 0) is 10.1 Å². The molecule has 0 bridgehead atoms. The standard InChI is InChI=1S/C59H44N2O7.C2H6.CH4O3S/c1-37-23-24-42(33-53(37)67-35-50(38-15-7-3-8-16-38)39-17-9-4-10-18-39)43-27-30-52(54(34-43)68-36-51(40-19-11-5-12-20-40)41-21-13-6-14-22-41)61-58(65)47-29-26-45(32-49(47)59(61)66)55(62)44-25-28-46-48(31-44)57(64)60(2)56(46)63;1-2;1-5(2,3)4/h3-34,50-51H,35-36H2,1-2H3;1-2H3;1H3,(H,2,3,4). The van der Waals surface area contributed by atoms with Crippen LogP contribution >= 0.6 is 0 Å². The minimum atomic E-state index is -3.67. The fraction of sp³-hybridized carbons (Fsp3) is 0.145. The van der Waals surface area contributed by atoms with E-state index in [0.29, 0.717) is 18.6 Å². The molecule has 0 spiro atoms. The van der Waals surface area contributed by atoms with E-state index in [2.05, 4.69) is 24.3 Å². The lowest BCUT2D eigenvalue weighted by molar-refractivity contribution is 0.0691. The fourth-order valence-electron chi connectivity index (χ4n) is 9.06. The second-order valence-corrected chi connectivity index (χ2v) is 19.2. The summed E-state index contributed by atoms with van der Waals surface area (Å²) in [5.41, 5.74) is 8.04. The third-order valence-electron chi connectivity index (χ3n) is 12.8. The first-order chi connectivity index (χ1) is 36.1. The number of nitrogens with zero attached hydrogens (tertiary/aromatic N) is 2. The molecule has 2 aliphatic heterocycles. The average molecular weight is 1020 g/mol. The van der Waals surface area contributed by atoms with Crippen LogP contribution in [-0.4, -0.2) is 73.8 Å². The SMILES string of the molecule is CC.CS(=O)(=O)O.Cc1ccc(-c2ccc(N3C(=O)c4ccc(C(=O)c5ccc6c(c5)C(=O)N(C)C6=O)cc4C3=O)c(OCC(c3ccccc3)c3ccccc3)c2)cc1OCC(c1ccccc1)c1ccccc1. The lowest BCUT2D eigenvalue weighted by Gasteiger charge is -2.23. The summed E-state index contributed by atoms with van der Waals surface area (Å²) in [5.74, 6) is -1.76. The third kappa shape index (κ3) is 11.7. The summed E-state index contributed by atoms with van der Waals surface area (Å²) in [5, 5.41) is 0. The number of rotatable bonds is 14. The first kappa shape index (κ1) is 52.5. The molecule has 0 atom stereocenters. The Bertz CT molecular complexity index is 3450. The molecule has 13 heteroatoms. The van der Waals surface area contributed by atoms with Crippen LogP contribution in [0.5, 0.6) is 11.5 Å². The number of hydrogen-bond donors (Lipinski definition) is 1. The molecule has 10 rings (SSSR count). The predicted octanol–water partition coefficient (Wildman–Crippen LogP) is 11.9. The third-order valence-corrected chi connectivity index (χ3v) is 12.8. The molecule has 75 heavy (non-hydrogen) atoms. The highest BCUT2D eigenvalue weighted by Crippen LogP contribution is 2.41. The highest BCUT2D eigenvalue weighted by atomic mass is 32.2. The normalized spacial score (nSPS) is 12.7. The number of ketones is 1. The van der Waals surface area contributed by atoms with Gasteiger partial charge in [-0.2, -0.15) is 8.42 Å². The predicted molar refractivity (Wildman–Crippen MR) is 290 cm³/mol. The summed E-state index contributed by atoms with van der Waals surface area (Å²) >= 11 is 0. The van der Waals surface area contributed by atoms with Crippen LogP contribution in [0.4, 0.5) is 5.69 Å². The van der Waals surface area contributed by atoms with Crippen molar-refractivity contribution in [1.82, 2.24) is 4.90 Å². The zero-order valence-corrected chi connectivity index (χ0v) is 42.8. The number of aryl methyl sites for hydroxylation is 1. The van der Waals surface area contributed by atoms with E-state index < -0.39 is 39.5 Å². The van der Waals surface area contributed by atoms with Crippen LogP contribution in [0.3, 0.4) is 0 Å². The number of hydrogen-bond acceptors (Lipinski definition) is 9. The van der Waals surface area contributed by atoms with Crippen LogP contribution in [0.25, 0.3) is 11.1 Å². The zero-order valence-electron chi connectivity index (χ0n) is 42.0. The Hall–Kier alpha value is -8.78. The molecule has 1 N–H and O–H groups in total. The maximum absolute atomic E-state index is 14.5. The Morgan fingerprint density at radius 1 is 0.493 bits per heavy atom. The van der Waals surface area contributed by atoms with Crippen molar-refractivity contribution in [3.63, 3.8) is 0 Å². The number of fused-ring (bicyclic) bond motifs is 2. The number of carbonyl (C=O) groups excluding carboxylic acids is 5. The molecule has 2 heterocycles. The lowest BCUT2D eigenvalue weighted by Crippen LogP contribution is -2.30. The second kappa shape index (κ2) is 23.0. The number of carbonyl (C=O) groups is 5. The molecule has 0 aliphatic carbocycles. The minimum absolute atomic E-state index is 0.00495. The van der Waals surface area contributed by atoms with Crippen molar-refractivity contribution in [2.24, 2.45) is 0 Å². The van der Waals surface area contributed by atoms with Gasteiger partial charge in [0.2, 0.25) is 0 Å². The minimum Gasteiger partial charge on any atom is -0.492 e. The lowest BCUT2D eigenvalue weighted by atomic mass is 9.92. The number of benzene rings is 8. The summed E-state index contributed by atoms with van der Waals surface area (Å²) in [6.45, 7) is 6.60. The summed E-state index contributed by atoms with van der Waals surface area (Å²) in [6, 6.07) is 60.9. The Morgan fingerprint density at radius 3 is 1.31 bits per heavy atom. The van der Waals surface area contributed by atoms with Gasteiger partial charge in [-0.25, -0.2) is 4.90 Å². The van der Waals surface area contributed by atoms with E-state index in [1.54, 1.807) is 6.07 Å². The van der Waals surface area contributed by atoms with Gasteiger partial charge in [-0.05, 0) is 88.3 Å². The molecular weight excluding hydrogens is 965 g/mol. The molecule has 2 aliphatic rings. The van der Waals surface area contributed by atoms with Crippen molar-refractivity contribution < 1.29 is 46.4 Å². The van der Waals surface area contributed by atoms with Crippen molar-refractivity contribution in [1.29, 1.82) is 0 Å². The smallest absolute Gasteiger partial charge is 0.266 e. The van der Waals surface area contributed by atoms with Gasteiger partial charge in [0.15, 0.2) is 5.78 Å². The topological polar surface area (TPSA) is 165 Å². The Morgan fingerprint density at radius 2 is 0.853 bits per heavy atom. The van der Waals surface area contributed by atoms with E-state index in [4.69, 9.17) is 14.0 Å². The van der Waals surface area contributed by atoms with Crippen LogP contribution in [0, 0.1) is 6.92 Å². The Labute approximate surface area is 436 Å². The first-order valence-electron chi connectivity index (χ1n) is 24.3. The molecule has 378 valence electrons. The fourth-order valence-corrected chi connectivity index (χ4v) is 9.06. The van der Waals surface area contributed by atoms with Gasteiger partial charge < -0.3 is 9.47 Å². The maximum atomic E-state index is 14.5. The van der Waals surface area contributed by atoms with Crippen molar-refractivity contribution in [2.75, 3.05) is 31.4 Å². The Kier molecular flexibility index (Phi) is 16.1. The van der Waals surface area contributed by atoms with Gasteiger partial charge in [0.1, 0.15) is 11.5 Å². The Balaban J connectivity index is 0.00000101. The highest BCUT2D eigenvalue weighted by Gasteiger charge is 2.39. The van der Waals surface area contributed by atoms with E-state index in [1.165, 1.54) is 43.4 Å². The quantitative estimate of drug-likeness (QED) is 0.0629. The molecule has 8 aromatic rings. The molecule has 0 unspecified atom stereocenters. The van der Waals surface area contributed by atoms with E-state index in [-0.39, 0.29) is 57.5 Å². The molecule has 4 amide bonds. The highest BCUT2D eigenvalue weighted by molar-refractivity contribution is 7.85. The maximum Gasteiger partial charge on any atom is 0.266 e. The summed E-state index contributed by atoms with van der Waals surface area (Å²) in [7, 11) is -2.28. The van der Waals surface area contributed by atoms with Gasteiger partial charge in [0.25, 0.3) is 33.7 Å². The van der Waals surface area contributed by atoms with Crippen LogP contribution < -0.4 is 14.4 Å². The molecule has 0 saturated heterocycles. The van der Waals surface area contributed by atoms with Gasteiger partial charge in [0.05, 0.1) is 47.4 Å². The van der Waals surface area contributed by atoms with Gasteiger partial charge in [0, 0.05) is 30.0 Å².